The minimum Gasteiger partial charge on any atom is -0.355 e. The summed E-state index contributed by atoms with van der Waals surface area (Å²) in [5, 5.41) is 6.08. The quantitative estimate of drug-likeness (QED) is 0.688. The molecule has 0 unspecified atom stereocenters. The van der Waals surface area contributed by atoms with Gasteiger partial charge in [-0.2, -0.15) is 0 Å². The lowest BCUT2D eigenvalue weighted by Gasteiger charge is -2.09. The Morgan fingerprint density at radius 3 is 2.48 bits per heavy atom. The maximum atomic E-state index is 13.3. The third kappa shape index (κ3) is 4.30. The summed E-state index contributed by atoms with van der Waals surface area (Å²) in [4.78, 5) is 16.3. The molecule has 0 aliphatic heterocycles. The molecule has 2 N–H and O–H groups in total. The van der Waals surface area contributed by atoms with Gasteiger partial charge in [-0.3, -0.25) is 9.78 Å². The van der Waals surface area contributed by atoms with Crippen molar-refractivity contribution < 1.29 is 13.6 Å². The van der Waals surface area contributed by atoms with Crippen LogP contribution in [0.3, 0.4) is 0 Å². The Kier molecular flexibility index (Phi) is 4.90. The predicted molar refractivity (Wildman–Crippen MR) is 93.3 cm³/mol. The number of hydrogen-bond donors (Lipinski definition) is 2. The number of nitrogens with one attached hydrogen (secondary N) is 2. The van der Waals surface area contributed by atoms with Gasteiger partial charge in [0.1, 0.15) is 5.69 Å². The van der Waals surface area contributed by atoms with Crippen LogP contribution in [0.1, 0.15) is 10.5 Å². The van der Waals surface area contributed by atoms with Crippen LogP contribution in [0.25, 0.3) is 0 Å². The van der Waals surface area contributed by atoms with Crippen LogP contribution < -0.4 is 10.6 Å². The van der Waals surface area contributed by atoms with Gasteiger partial charge in [0.15, 0.2) is 11.6 Å². The summed E-state index contributed by atoms with van der Waals surface area (Å²) in [5.74, 6) is -2.31. The van der Waals surface area contributed by atoms with Crippen molar-refractivity contribution in [2.45, 2.75) is 0 Å². The lowest BCUT2D eigenvalue weighted by Crippen LogP contribution is -2.13. The van der Waals surface area contributed by atoms with E-state index < -0.39 is 17.5 Å². The molecular weight excluding hydrogens is 348 g/mol. The van der Waals surface area contributed by atoms with Gasteiger partial charge in [0, 0.05) is 34.3 Å². The Labute approximate surface area is 147 Å². The monoisotopic (exact) mass is 359 g/mol. The summed E-state index contributed by atoms with van der Waals surface area (Å²) in [6, 6.07) is 13.3. The molecule has 2 aromatic carbocycles. The first-order valence-electron chi connectivity index (χ1n) is 7.26. The van der Waals surface area contributed by atoms with E-state index in [4.69, 9.17) is 11.6 Å². The van der Waals surface area contributed by atoms with Crippen LogP contribution in [0.5, 0.6) is 0 Å². The topological polar surface area (TPSA) is 54.0 Å². The number of benzene rings is 2. The fourth-order valence-electron chi connectivity index (χ4n) is 2.13. The van der Waals surface area contributed by atoms with Crippen LogP contribution in [-0.2, 0) is 0 Å². The third-order valence-corrected chi connectivity index (χ3v) is 3.52. The molecule has 0 radical (unpaired) electrons. The van der Waals surface area contributed by atoms with E-state index in [-0.39, 0.29) is 5.69 Å². The zero-order chi connectivity index (χ0) is 17.8. The van der Waals surface area contributed by atoms with E-state index >= 15 is 0 Å². The molecule has 0 aliphatic carbocycles. The minimum atomic E-state index is -0.960. The Hall–Kier alpha value is -2.99. The van der Waals surface area contributed by atoms with Crippen LogP contribution in [0.4, 0.5) is 25.8 Å². The lowest BCUT2D eigenvalue weighted by molar-refractivity contribution is 0.102. The van der Waals surface area contributed by atoms with Crippen molar-refractivity contribution >= 4 is 34.6 Å². The molecule has 0 spiro atoms. The van der Waals surface area contributed by atoms with Crippen LogP contribution in [0.2, 0.25) is 5.02 Å². The third-order valence-electron chi connectivity index (χ3n) is 3.28. The molecule has 3 rings (SSSR count). The van der Waals surface area contributed by atoms with Crippen molar-refractivity contribution in [2.24, 2.45) is 0 Å². The van der Waals surface area contributed by atoms with Gasteiger partial charge in [0.2, 0.25) is 0 Å². The van der Waals surface area contributed by atoms with Crippen LogP contribution in [0.15, 0.2) is 60.8 Å². The first-order chi connectivity index (χ1) is 12.0. The van der Waals surface area contributed by atoms with Gasteiger partial charge in [-0.05, 0) is 42.5 Å². The number of aromatic nitrogens is 1. The number of nitrogens with zero attached hydrogens (tertiary/aromatic N) is 1. The molecule has 0 bridgehead atoms. The van der Waals surface area contributed by atoms with Crippen LogP contribution in [0, 0.1) is 11.6 Å². The van der Waals surface area contributed by atoms with Crippen molar-refractivity contribution in [1.29, 1.82) is 0 Å². The fraction of sp³-hybridized carbons (Fsp3) is 0. The molecule has 0 fully saturated rings. The fourth-order valence-corrected chi connectivity index (χ4v) is 2.32. The van der Waals surface area contributed by atoms with Gasteiger partial charge in [-0.15, -0.1) is 0 Å². The van der Waals surface area contributed by atoms with E-state index in [0.717, 1.165) is 12.1 Å². The standard InChI is InChI=1S/C18H12ClF2N3O/c19-11-2-1-3-12(8-11)24-18(25)17-10-14(6-7-22-17)23-13-4-5-15(20)16(21)9-13/h1-10H,(H,22,23)(H,24,25). The molecule has 1 heterocycles. The highest BCUT2D eigenvalue weighted by atomic mass is 35.5. The molecule has 0 atom stereocenters. The first kappa shape index (κ1) is 16.9. The molecule has 4 nitrogen and oxygen atoms in total. The van der Waals surface area contributed by atoms with Gasteiger partial charge < -0.3 is 10.6 Å². The summed E-state index contributed by atoms with van der Waals surface area (Å²) in [6.07, 6.45) is 1.44. The number of carbonyl (C=O) groups excluding carboxylic acids is 1. The number of halogens is 3. The lowest BCUT2D eigenvalue weighted by atomic mass is 10.2. The van der Waals surface area contributed by atoms with Crippen LogP contribution in [-0.4, -0.2) is 10.9 Å². The number of amides is 1. The number of carbonyl (C=O) groups is 1. The van der Waals surface area contributed by atoms with E-state index in [9.17, 15) is 13.6 Å². The molecule has 3 aromatic rings. The smallest absolute Gasteiger partial charge is 0.274 e. The van der Waals surface area contributed by atoms with Crippen molar-refractivity contribution in [3.63, 3.8) is 0 Å². The minimum absolute atomic E-state index is 0.160. The molecule has 25 heavy (non-hydrogen) atoms. The summed E-state index contributed by atoms with van der Waals surface area (Å²) < 4.78 is 26.2. The molecule has 0 saturated heterocycles. The Balaban J connectivity index is 1.76. The summed E-state index contributed by atoms with van der Waals surface area (Å²) in [5.41, 5.74) is 1.56. The van der Waals surface area contributed by atoms with Crippen molar-refractivity contribution in [3.05, 3.63) is 83.1 Å². The first-order valence-corrected chi connectivity index (χ1v) is 7.64. The Morgan fingerprint density at radius 1 is 0.920 bits per heavy atom. The van der Waals surface area contributed by atoms with Crippen molar-refractivity contribution in [2.75, 3.05) is 10.6 Å². The molecule has 7 heteroatoms. The summed E-state index contributed by atoms with van der Waals surface area (Å²) >= 11 is 5.88. The molecular formula is C18H12ClF2N3O. The maximum Gasteiger partial charge on any atom is 0.274 e. The van der Waals surface area contributed by atoms with E-state index in [2.05, 4.69) is 15.6 Å². The Bertz CT molecular complexity index is 934. The zero-order valence-corrected chi connectivity index (χ0v) is 13.5. The number of rotatable bonds is 4. The number of pyridine rings is 1. The summed E-state index contributed by atoms with van der Waals surface area (Å²) in [6.45, 7) is 0. The highest BCUT2D eigenvalue weighted by Crippen LogP contribution is 2.20. The second-order valence-corrected chi connectivity index (χ2v) is 5.58. The predicted octanol–water partition coefficient (Wildman–Crippen LogP) is 5.01. The highest BCUT2D eigenvalue weighted by Gasteiger charge is 2.09. The second kappa shape index (κ2) is 7.27. The SMILES string of the molecule is O=C(Nc1cccc(Cl)c1)c1cc(Nc2ccc(F)c(F)c2)ccn1. The largest absolute Gasteiger partial charge is 0.355 e. The summed E-state index contributed by atoms with van der Waals surface area (Å²) in [7, 11) is 0. The molecule has 0 aliphatic rings. The van der Waals surface area contributed by atoms with Gasteiger partial charge in [-0.1, -0.05) is 17.7 Å². The highest BCUT2D eigenvalue weighted by molar-refractivity contribution is 6.30. The van der Waals surface area contributed by atoms with E-state index in [1.54, 1.807) is 30.3 Å². The average molecular weight is 360 g/mol. The number of anilines is 3. The molecule has 1 amide bonds. The van der Waals surface area contributed by atoms with Gasteiger partial charge in [0.25, 0.3) is 5.91 Å². The molecule has 0 saturated carbocycles. The average Bonchev–Trinajstić information content (AvgIpc) is 2.58. The number of hydrogen-bond acceptors (Lipinski definition) is 3. The maximum absolute atomic E-state index is 13.3. The van der Waals surface area contributed by atoms with Gasteiger partial charge in [0.05, 0.1) is 0 Å². The van der Waals surface area contributed by atoms with Crippen LogP contribution >= 0.6 is 11.6 Å². The normalized spacial score (nSPS) is 10.4. The molecule has 1 aromatic heterocycles. The Morgan fingerprint density at radius 2 is 1.72 bits per heavy atom. The van der Waals surface area contributed by atoms with Gasteiger partial charge in [-0.25, -0.2) is 8.78 Å². The second-order valence-electron chi connectivity index (χ2n) is 5.15. The van der Waals surface area contributed by atoms with Gasteiger partial charge >= 0.3 is 0 Å². The van der Waals surface area contributed by atoms with Crippen molar-refractivity contribution in [1.82, 2.24) is 4.98 Å². The van der Waals surface area contributed by atoms with E-state index in [0.29, 0.717) is 22.1 Å². The molecule has 126 valence electrons. The zero-order valence-electron chi connectivity index (χ0n) is 12.8. The van der Waals surface area contributed by atoms with Crippen molar-refractivity contribution in [3.8, 4) is 0 Å². The van der Waals surface area contributed by atoms with E-state index in [1.807, 2.05) is 0 Å². The van der Waals surface area contributed by atoms with E-state index in [1.165, 1.54) is 18.3 Å².